The summed E-state index contributed by atoms with van der Waals surface area (Å²) in [5.41, 5.74) is 0.606. The van der Waals surface area contributed by atoms with E-state index >= 15 is 0 Å². The topological polar surface area (TPSA) is 43.4 Å². The third kappa shape index (κ3) is 5.39. The first-order chi connectivity index (χ1) is 9.95. The molecule has 3 nitrogen and oxygen atoms in total. The third-order valence-corrected chi connectivity index (χ3v) is 2.85. The molecule has 0 spiro atoms. The van der Waals surface area contributed by atoms with Crippen LogP contribution in [0.3, 0.4) is 0 Å². The van der Waals surface area contributed by atoms with Crippen LogP contribution in [0.25, 0.3) is 0 Å². The first kappa shape index (κ1) is 16.9. The SMILES string of the molecule is CCCCC#CC(OC(C)=O)c1ccc(F)cc1C(C)=O. The zero-order chi connectivity index (χ0) is 15.8. The molecule has 112 valence electrons. The fourth-order valence-corrected chi connectivity index (χ4v) is 1.83. The normalized spacial score (nSPS) is 11.2. The van der Waals surface area contributed by atoms with Gasteiger partial charge in [-0.05, 0) is 25.5 Å². The minimum Gasteiger partial charge on any atom is -0.444 e. The average molecular weight is 290 g/mol. The number of Topliss-reactive ketones (excluding diaryl/α,β-unsaturated/α-hetero) is 1. The summed E-state index contributed by atoms with van der Waals surface area (Å²) in [6.45, 7) is 4.67. The first-order valence-electron chi connectivity index (χ1n) is 6.91. The molecule has 1 aromatic rings. The Hall–Kier alpha value is -2.15. The van der Waals surface area contributed by atoms with E-state index in [1.807, 2.05) is 0 Å². The summed E-state index contributed by atoms with van der Waals surface area (Å²) >= 11 is 0. The lowest BCUT2D eigenvalue weighted by atomic mass is 9.99. The quantitative estimate of drug-likeness (QED) is 0.358. The molecule has 0 saturated heterocycles. The minimum atomic E-state index is -0.848. The van der Waals surface area contributed by atoms with Crippen LogP contribution in [0.5, 0.6) is 0 Å². The summed E-state index contributed by atoms with van der Waals surface area (Å²) in [6.07, 6.45) is 1.80. The molecule has 1 atom stereocenters. The van der Waals surface area contributed by atoms with E-state index in [0.717, 1.165) is 18.9 Å². The highest BCUT2D eigenvalue weighted by molar-refractivity contribution is 5.95. The van der Waals surface area contributed by atoms with Crippen LogP contribution < -0.4 is 0 Å². The lowest BCUT2D eigenvalue weighted by Gasteiger charge is -2.14. The standard InChI is InChI=1S/C17H19FO3/c1-4-5-6-7-8-17(21-13(3)20)15-10-9-14(18)11-16(15)12(2)19/h9-11,17H,4-6H2,1-3H3. The molecule has 0 aromatic heterocycles. The number of hydrogen-bond acceptors (Lipinski definition) is 3. The Morgan fingerprint density at radius 2 is 2.05 bits per heavy atom. The van der Waals surface area contributed by atoms with Gasteiger partial charge in [-0.15, -0.1) is 0 Å². The van der Waals surface area contributed by atoms with E-state index in [1.54, 1.807) is 0 Å². The summed E-state index contributed by atoms with van der Waals surface area (Å²) in [5, 5.41) is 0. The van der Waals surface area contributed by atoms with Crippen molar-refractivity contribution in [3.05, 3.63) is 35.1 Å². The molecule has 0 saturated carbocycles. The van der Waals surface area contributed by atoms with E-state index in [-0.39, 0.29) is 11.3 Å². The van der Waals surface area contributed by atoms with Crippen molar-refractivity contribution in [3.8, 4) is 11.8 Å². The van der Waals surface area contributed by atoms with Gasteiger partial charge in [0.1, 0.15) is 5.82 Å². The maximum atomic E-state index is 13.3. The highest BCUT2D eigenvalue weighted by atomic mass is 19.1. The average Bonchev–Trinajstić information content (AvgIpc) is 2.41. The van der Waals surface area contributed by atoms with Crippen molar-refractivity contribution in [1.29, 1.82) is 0 Å². The molecule has 0 aliphatic rings. The van der Waals surface area contributed by atoms with Gasteiger partial charge in [0.2, 0.25) is 0 Å². The Morgan fingerprint density at radius 1 is 1.33 bits per heavy atom. The number of rotatable bonds is 5. The van der Waals surface area contributed by atoms with Gasteiger partial charge in [-0.25, -0.2) is 4.39 Å². The van der Waals surface area contributed by atoms with E-state index in [4.69, 9.17) is 4.74 Å². The second-order valence-corrected chi connectivity index (χ2v) is 4.70. The van der Waals surface area contributed by atoms with Crippen molar-refractivity contribution in [3.63, 3.8) is 0 Å². The molecule has 0 heterocycles. The molecule has 0 aliphatic carbocycles. The van der Waals surface area contributed by atoms with E-state index in [2.05, 4.69) is 18.8 Å². The third-order valence-electron chi connectivity index (χ3n) is 2.85. The Bertz CT molecular complexity index is 581. The number of unbranched alkanes of at least 4 members (excludes halogenated alkanes) is 2. The number of carbonyl (C=O) groups excluding carboxylic acids is 2. The van der Waals surface area contributed by atoms with Gasteiger partial charge in [-0.1, -0.05) is 31.3 Å². The number of ether oxygens (including phenoxy) is 1. The number of esters is 1. The van der Waals surface area contributed by atoms with E-state index in [0.29, 0.717) is 12.0 Å². The summed E-state index contributed by atoms with van der Waals surface area (Å²) in [7, 11) is 0. The van der Waals surface area contributed by atoms with Gasteiger partial charge in [0.25, 0.3) is 0 Å². The van der Waals surface area contributed by atoms with Gasteiger partial charge in [0.15, 0.2) is 11.9 Å². The lowest BCUT2D eigenvalue weighted by molar-refractivity contribution is -0.144. The Morgan fingerprint density at radius 3 is 2.62 bits per heavy atom. The van der Waals surface area contributed by atoms with Crippen molar-refractivity contribution in [2.45, 2.75) is 46.1 Å². The fourth-order valence-electron chi connectivity index (χ4n) is 1.83. The summed E-state index contributed by atoms with van der Waals surface area (Å²) in [5.74, 6) is 4.49. The molecule has 0 aliphatic heterocycles. The summed E-state index contributed by atoms with van der Waals surface area (Å²) < 4.78 is 18.4. The monoisotopic (exact) mass is 290 g/mol. The second kappa shape index (κ2) is 8.21. The first-order valence-corrected chi connectivity index (χ1v) is 6.91. The molecule has 1 aromatic carbocycles. The van der Waals surface area contributed by atoms with Crippen LogP contribution >= 0.6 is 0 Å². The van der Waals surface area contributed by atoms with Crippen molar-refractivity contribution < 1.29 is 18.7 Å². The van der Waals surface area contributed by atoms with Crippen molar-refractivity contribution in [2.24, 2.45) is 0 Å². The van der Waals surface area contributed by atoms with Crippen LogP contribution in [0.15, 0.2) is 18.2 Å². The van der Waals surface area contributed by atoms with Crippen molar-refractivity contribution in [2.75, 3.05) is 0 Å². The maximum absolute atomic E-state index is 13.3. The predicted octanol–water partition coefficient (Wildman–Crippen LogP) is 3.83. The molecule has 0 N–H and O–H groups in total. The molecule has 0 fully saturated rings. The molecule has 0 radical (unpaired) electrons. The van der Waals surface area contributed by atoms with E-state index < -0.39 is 17.9 Å². The zero-order valence-electron chi connectivity index (χ0n) is 12.5. The predicted molar refractivity (Wildman–Crippen MR) is 78.2 cm³/mol. The largest absolute Gasteiger partial charge is 0.444 e. The van der Waals surface area contributed by atoms with Crippen LogP contribution in [0.4, 0.5) is 4.39 Å². The number of ketones is 1. The van der Waals surface area contributed by atoms with Crippen molar-refractivity contribution in [1.82, 2.24) is 0 Å². The Kier molecular flexibility index (Phi) is 6.61. The highest BCUT2D eigenvalue weighted by Gasteiger charge is 2.19. The summed E-state index contributed by atoms with van der Waals surface area (Å²) in [4.78, 5) is 22.8. The van der Waals surface area contributed by atoms with Crippen LogP contribution in [0, 0.1) is 17.7 Å². The molecule has 4 heteroatoms. The van der Waals surface area contributed by atoms with Crippen LogP contribution in [-0.4, -0.2) is 11.8 Å². The molecule has 1 unspecified atom stereocenters. The molecule has 1 rings (SSSR count). The van der Waals surface area contributed by atoms with Gasteiger partial charge in [-0.3, -0.25) is 9.59 Å². The van der Waals surface area contributed by atoms with Gasteiger partial charge < -0.3 is 4.74 Å². The smallest absolute Gasteiger partial charge is 0.304 e. The van der Waals surface area contributed by atoms with E-state index in [9.17, 15) is 14.0 Å². The fraction of sp³-hybridized carbons (Fsp3) is 0.412. The second-order valence-electron chi connectivity index (χ2n) is 4.70. The number of halogens is 1. The zero-order valence-corrected chi connectivity index (χ0v) is 12.5. The highest BCUT2D eigenvalue weighted by Crippen LogP contribution is 2.23. The van der Waals surface area contributed by atoms with Gasteiger partial charge in [0, 0.05) is 24.5 Å². The van der Waals surface area contributed by atoms with Crippen molar-refractivity contribution >= 4 is 11.8 Å². The Labute approximate surface area is 124 Å². The van der Waals surface area contributed by atoms with Crippen LogP contribution in [0.1, 0.15) is 62.1 Å². The number of hydrogen-bond donors (Lipinski definition) is 0. The van der Waals surface area contributed by atoms with Gasteiger partial charge in [-0.2, -0.15) is 0 Å². The maximum Gasteiger partial charge on any atom is 0.304 e. The van der Waals surface area contributed by atoms with Crippen LogP contribution in [-0.2, 0) is 9.53 Å². The molecule has 0 bridgehead atoms. The summed E-state index contributed by atoms with van der Waals surface area (Å²) in [6, 6.07) is 3.81. The Balaban J connectivity index is 3.15. The molecule has 0 amide bonds. The molecular formula is C17H19FO3. The number of benzene rings is 1. The molecule has 21 heavy (non-hydrogen) atoms. The lowest BCUT2D eigenvalue weighted by Crippen LogP contribution is -2.11. The van der Waals surface area contributed by atoms with E-state index in [1.165, 1.54) is 26.0 Å². The molecular weight excluding hydrogens is 271 g/mol. The number of carbonyl (C=O) groups is 2. The van der Waals surface area contributed by atoms with Crippen LogP contribution in [0.2, 0.25) is 0 Å². The minimum absolute atomic E-state index is 0.186. The van der Waals surface area contributed by atoms with Gasteiger partial charge in [0.05, 0.1) is 0 Å². The van der Waals surface area contributed by atoms with Gasteiger partial charge >= 0.3 is 5.97 Å².